The summed E-state index contributed by atoms with van der Waals surface area (Å²) in [4.78, 5) is 19.5. The van der Waals surface area contributed by atoms with E-state index in [0.717, 1.165) is 33.4 Å². The van der Waals surface area contributed by atoms with Gasteiger partial charge in [-0.15, -0.1) is 0 Å². The van der Waals surface area contributed by atoms with E-state index in [9.17, 15) is 13.2 Å². The predicted molar refractivity (Wildman–Crippen MR) is 133 cm³/mol. The van der Waals surface area contributed by atoms with E-state index in [1.54, 1.807) is 4.90 Å². The Labute approximate surface area is 201 Å². The van der Waals surface area contributed by atoms with Gasteiger partial charge in [-0.2, -0.15) is 9.40 Å². The average Bonchev–Trinajstić information content (AvgIpc) is 3.23. The molecule has 8 nitrogen and oxygen atoms in total. The lowest BCUT2D eigenvalue weighted by Crippen LogP contribution is -2.50. The number of nitrogens with zero attached hydrogens (tertiary/aromatic N) is 5. The molecule has 0 saturated carbocycles. The fourth-order valence-corrected chi connectivity index (χ4v) is 6.14. The average molecular weight is 484 g/mol. The first-order chi connectivity index (χ1) is 16.2. The van der Waals surface area contributed by atoms with Crippen LogP contribution in [0.3, 0.4) is 0 Å². The van der Waals surface area contributed by atoms with Crippen LogP contribution in [0.25, 0.3) is 11.0 Å². The van der Waals surface area contributed by atoms with Crippen molar-refractivity contribution < 1.29 is 13.2 Å². The Bertz CT molecular complexity index is 1280. The smallest absolute Gasteiger partial charge is 0.222 e. The summed E-state index contributed by atoms with van der Waals surface area (Å²) >= 11 is 0. The van der Waals surface area contributed by atoms with Gasteiger partial charge in [-0.3, -0.25) is 4.79 Å². The highest BCUT2D eigenvalue weighted by molar-refractivity contribution is 7.88. The standard InChI is InChI=1S/C25H33N5O3S/c1-18(2)30-25-23(16-26-30)19(3)22(20(4)27-25)10-11-24(31)28-12-14-29(15-13-28)34(32,33)17-21-8-6-5-7-9-21/h5-9,16,18H,10-15,17H2,1-4H3. The minimum atomic E-state index is -3.40. The number of benzene rings is 1. The van der Waals surface area contributed by atoms with Crippen LogP contribution in [-0.2, 0) is 27.0 Å². The van der Waals surface area contributed by atoms with E-state index in [4.69, 9.17) is 4.98 Å². The third-order valence-electron chi connectivity index (χ3n) is 6.59. The number of hydrogen-bond acceptors (Lipinski definition) is 5. The topological polar surface area (TPSA) is 88.4 Å². The molecule has 3 heterocycles. The number of hydrogen-bond donors (Lipinski definition) is 0. The Morgan fingerprint density at radius 3 is 2.38 bits per heavy atom. The van der Waals surface area contributed by atoms with Crippen molar-refractivity contribution in [1.29, 1.82) is 0 Å². The molecule has 1 aliphatic rings. The quantitative estimate of drug-likeness (QED) is 0.515. The molecule has 0 spiro atoms. The van der Waals surface area contributed by atoms with Crippen molar-refractivity contribution >= 4 is 27.0 Å². The third-order valence-corrected chi connectivity index (χ3v) is 8.44. The molecule has 0 unspecified atom stereocenters. The first kappa shape index (κ1) is 24.3. The van der Waals surface area contributed by atoms with E-state index >= 15 is 0 Å². The van der Waals surface area contributed by atoms with Crippen LogP contribution < -0.4 is 0 Å². The molecule has 1 aromatic carbocycles. The maximum absolute atomic E-state index is 12.9. The lowest BCUT2D eigenvalue weighted by atomic mass is 10.00. The molecule has 1 amide bonds. The van der Waals surface area contributed by atoms with Crippen molar-refractivity contribution in [2.45, 2.75) is 52.3 Å². The van der Waals surface area contributed by atoms with Gasteiger partial charge < -0.3 is 4.90 Å². The summed E-state index contributed by atoms with van der Waals surface area (Å²) in [5.41, 5.74) is 4.80. The molecule has 4 rings (SSSR count). The Kier molecular flexibility index (Phi) is 7.04. The SMILES string of the molecule is Cc1nc2c(cnn2C(C)C)c(C)c1CCC(=O)N1CCN(S(=O)(=O)Cc2ccccc2)CC1. The van der Waals surface area contributed by atoms with Crippen molar-refractivity contribution in [3.63, 3.8) is 0 Å². The number of fused-ring (bicyclic) bond motifs is 1. The van der Waals surface area contributed by atoms with Crippen molar-refractivity contribution in [3.8, 4) is 0 Å². The second-order valence-corrected chi connectivity index (χ2v) is 11.2. The van der Waals surface area contributed by atoms with E-state index in [1.165, 1.54) is 4.31 Å². The van der Waals surface area contributed by atoms with Crippen molar-refractivity contribution in [2.75, 3.05) is 26.2 Å². The zero-order valence-corrected chi connectivity index (χ0v) is 21.2. The number of sulfonamides is 1. The van der Waals surface area contributed by atoms with Crippen molar-refractivity contribution in [1.82, 2.24) is 24.0 Å². The fraction of sp³-hybridized carbons (Fsp3) is 0.480. The molecular formula is C25H33N5O3S. The Balaban J connectivity index is 1.36. The molecule has 1 saturated heterocycles. The molecule has 0 atom stereocenters. The zero-order valence-electron chi connectivity index (χ0n) is 20.4. The summed E-state index contributed by atoms with van der Waals surface area (Å²) in [7, 11) is -3.40. The van der Waals surface area contributed by atoms with Crippen LogP contribution >= 0.6 is 0 Å². The van der Waals surface area contributed by atoms with Gasteiger partial charge >= 0.3 is 0 Å². The van der Waals surface area contributed by atoms with Crippen LogP contribution in [0.5, 0.6) is 0 Å². The molecular weight excluding hydrogens is 450 g/mol. The Hall–Kier alpha value is -2.78. The molecule has 1 aliphatic heterocycles. The number of aromatic nitrogens is 3. The molecule has 9 heteroatoms. The number of carbonyl (C=O) groups is 1. The summed E-state index contributed by atoms with van der Waals surface area (Å²) in [5.74, 6) is 0.0420. The van der Waals surface area contributed by atoms with E-state index < -0.39 is 10.0 Å². The molecule has 0 radical (unpaired) electrons. The number of amides is 1. The van der Waals surface area contributed by atoms with Crippen molar-refractivity contribution in [2.24, 2.45) is 0 Å². The fourth-order valence-electron chi connectivity index (χ4n) is 4.62. The molecule has 0 bridgehead atoms. The summed E-state index contributed by atoms with van der Waals surface area (Å²) in [6, 6.07) is 9.42. The van der Waals surface area contributed by atoms with Gasteiger partial charge in [0.2, 0.25) is 15.9 Å². The Morgan fingerprint density at radius 1 is 1.06 bits per heavy atom. The van der Waals surface area contributed by atoms with Gasteiger partial charge in [-0.25, -0.2) is 18.1 Å². The molecule has 1 fully saturated rings. The predicted octanol–water partition coefficient (Wildman–Crippen LogP) is 3.24. The molecule has 34 heavy (non-hydrogen) atoms. The van der Waals surface area contributed by atoms with Crippen LogP contribution in [0.2, 0.25) is 0 Å². The van der Waals surface area contributed by atoms with E-state index in [0.29, 0.717) is 39.0 Å². The monoisotopic (exact) mass is 483 g/mol. The minimum Gasteiger partial charge on any atom is -0.340 e. The Morgan fingerprint density at radius 2 is 1.74 bits per heavy atom. The molecule has 182 valence electrons. The van der Waals surface area contributed by atoms with E-state index in [-0.39, 0.29) is 17.7 Å². The maximum Gasteiger partial charge on any atom is 0.222 e. The largest absolute Gasteiger partial charge is 0.340 e. The van der Waals surface area contributed by atoms with Crippen LogP contribution in [0, 0.1) is 13.8 Å². The first-order valence-electron chi connectivity index (χ1n) is 11.8. The van der Waals surface area contributed by atoms with Gasteiger partial charge in [0.1, 0.15) is 0 Å². The van der Waals surface area contributed by atoms with E-state index in [2.05, 4.69) is 25.9 Å². The number of pyridine rings is 1. The highest BCUT2D eigenvalue weighted by Crippen LogP contribution is 2.25. The first-order valence-corrected chi connectivity index (χ1v) is 13.4. The van der Waals surface area contributed by atoms with Gasteiger partial charge in [0.15, 0.2) is 5.65 Å². The lowest BCUT2D eigenvalue weighted by Gasteiger charge is -2.34. The number of piperazine rings is 1. The highest BCUT2D eigenvalue weighted by atomic mass is 32.2. The number of carbonyl (C=O) groups excluding carboxylic acids is 1. The summed E-state index contributed by atoms with van der Waals surface area (Å²) in [6.45, 7) is 9.73. The van der Waals surface area contributed by atoms with Gasteiger partial charge in [-0.05, 0) is 50.8 Å². The summed E-state index contributed by atoms with van der Waals surface area (Å²) < 4.78 is 29.0. The van der Waals surface area contributed by atoms with Crippen molar-refractivity contribution in [3.05, 3.63) is 58.9 Å². The van der Waals surface area contributed by atoms with Gasteiger partial charge in [0, 0.05) is 49.7 Å². The van der Waals surface area contributed by atoms with E-state index in [1.807, 2.05) is 48.1 Å². The van der Waals surface area contributed by atoms with Crippen LogP contribution in [-0.4, -0.2) is 64.5 Å². The van der Waals surface area contributed by atoms with Crippen LogP contribution in [0.4, 0.5) is 0 Å². The number of rotatable bonds is 7. The van der Waals surface area contributed by atoms with Crippen LogP contribution in [0.1, 0.15) is 48.7 Å². The van der Waals surface area contributed by atoms with Crippen LogP contribution in [0.15, 0.2) is 36.5 Å². The third kappa shape index (κ3) is 5.00. The van der Waals surface area contributed by atoms with Gasteiger partial charge in [0.25, 0.3) is 0 Å². The maximum atomic E-state index is 12.9. The zero-order chi connectivity index (χ0) is 24.5. The summed E-state index contributed by atoms with van der Waals surface area (Å²) in [6.07, 6.45) is 2.85. The second kappa shape index (κ2) is 9.84. The highest BCUT2D eigenvalue weighted by Gasteiger charge is 2.29. The second-order valence-electron chi connectivity index (χ2n) is 9.24. The molecule has 0 aliphatic carbocycles. The normalized spacial score (nSPS) is 15.4. The minimum absolute atomic E-state index is 0.0107. The number of aryl methyl sites for hydroxylation is 2. The molecule has 0 N–H and O–H groups in total. The molecule has 2 aromatic heterocycles. The molecule has 3 aromatic rings. The lowest BCUT2D eigenvalue weighted by molar-refractivity contribution is -0.132. The summed E-state index contributed by atoms with van der Waals surface area (Å²) in [5, 5.41) is 5.51. The van der Waals surface area contributed by atoms with Gasteiger partial charge in [0.05, 0.1) is 11.9 Å². The van der Waals surface area contributed by atoms with Gasteiger partial charge in [-0.1, -0.05) is 30.3 Å².